The highest BCUT2D eigenvalue weighted by Gasteiger charge is 2.12. The molecule has 3 N–H and O–H groups in total. The topological polar surface area (TPSA) is 88.7 Å². The molecule has 1 rings (SSSR count). The van der Waals surface area contributed by atoms with Gasteiger partial charge in [-0.1, -0.05) is 4.73 Å². The minimum Gasteiger partial charge on any atom is -0.314 e. The van der Waals surface area contributed by atoms with Crippen LogP contribution in [0.4, 0.5) is 4.53 Å². The zero-order valence-corrected chi connectivity index (χ0v) is 5.34. The molecular formula is C2H7FNO4P. The van der Waals surface area contributed by atoms with Gasteiger partial charge in [0, 0.05) is 13.1 Å². The van der Waals surface area contributed by atoms with E-state index < -0.39 is 7.82 Å². The van der Waals surface area contributed by atoms with E-state index in [1.54, 1.807) is 0 Å². The van der Waals surface area contributed by atoms with Gasteiger partial charge in [-0.2, -0.15) is 0 Å². The van der Waals surface area contributed by atoms with Gasteiger partial charge in [0.2, 0.25) is 0 Å². The van der Waals surface area contributed by atoms with Crippen LogP contribution in [-0.2, 0) is 9.29 Å². The molecule has 0 radical (unpaired) electrons. The van der Waals surface area contributed by atoms with Crippen LogP contribution < -0.4 is 5.32 Å². The summed E-state index contributed by atoms with van der Waals surface area (Å²) in [5, 5.41) is 3.00. The zero-order valence-electron chi connectivity index (χ0n) is 4.45. The van der Waals surface area contributed by atoms with Crippen molar-refractivity contribution >= 4 is 7.82 Å². The fourth-order valence-corrected chi connectivity index (χ4v) is 0. The molecule has 0 aliphatic carbocycles. The van der Waals surface area contributed by atoms with Crippen molar-refractivity contribution in [1.82, 2.24) is 5.32 Å². The van der Waals surface area contributed by atoms with Crippen LogP contribution in [-0.4, -0.2) is 22.9 Å². The standard InChI is InChI=1S/C2H5N.FH2O4P/c1-2-3-1;1-5-6(2,3)4/h3H,1-2H2;(H2,2,3,4). The number of phosphoric acid groups is 1. The zero-order chi connectivity index (χ0) is 7.33. The summed E-state index contributed by atoms with van der Waals surface area (Å²) in [6.07, 6.45) is 0. The Morgan fingerprint density at radius 1 is 1.56 bits per heavy atom. The van der Waals surface area contributed by atoms with Crippen LogP contribution in [0.5, 0.6) is 0 Å². The first kappa shape index (κ1) is 9.00. The summed E-state index contributed by atoms with van der Waals surface area (Å²) in [7, 11) is -4.81. The fraction of sp³-hybridized carbons (Fsp3) is 1.00. The van der Waals surface area contributed by atoms with E-state index in [9.17, 15) is 4.53 Å². The lowest BCUT2D eigenvalue weighted by Crippen LogP contribution is -1.71. The van der Waals surface area contributed by atoms with Crippen LogP contribution in [0.1, 0.15) is 0 Å². The Kier molecular flexibility index (Phi) is 3.92. The first-order valence-electron chi connectivity index (χ1n) is 2.13. The molecule has 7 heteroatoms. The Balaban J connectivity index is 0.000000173. The van der Waals surface area contributed by atoms with Gasteiger partial charge in [0.1, 0.15) is 0 Å². The smallest absolute Gasteiger partial charge is 0.314 e. The molecule has 0 bridgehead atoms. The normalized spacial score (nSPS) is 15.9. The third-order valence-corrected chi connectivity index (χ3v) is 0.520. The predicted molar refractivity (Wildman–Crippen MR) is 27.1 cm³/mol. The van der Waals surface area contributed by atoms with Crippen LogP contribution in [0.3, 0.4) is 0 Å². The van der Waals surface area contributed by atoms with E-state index in [2.05, 4.69) is 10.0 Å². The number of halogens is 1. The monoisotopic (exact) mass is 159 g/mol. The second kappa shape index (κ2) is 3.92. The molecule has 1 heterocycles. The Morgan fingerprint density at radius 3 is 1.78 bits per heavy atom. The van der Waals surface area contributed by atoms with Crippen LogP contribution >= 0.6 is 7.82 Å². The van der Waals surface area contributed by atoms with Crippen molar-refractivity contribution in [1.29, 1.82) is 0 Å². The molecule has 5 nitrogen and oxygen atoms in total. The first-order chi connectivity index (χ1) is 4.06. The summed E-state index contributed by atoms with van der Waals surface area (Å²) in [5.41, 5.74) is 0. The van der Waals surface area contributed by atoms with Gasteiger partial charge in [0.05, 0.1) is 0 Å². The van der Waals surface area contributed by atoms with Gasteiger partial charge in [-0.05, 0) is 4.53 Å². The Morgan fingerprint density at radius 2 is 1.78 bits per heavy atom. The van der Waals surface area contributed by atoms with E-state index in [-0.39, 0.29) is 0 Å². The van der Waals surface area contributed by atoms with E-state index in [1.807, 2.05) is 0 Å². The van der Waals surface area contributed by atoms with Crippen LogP contribution in [0.2, 0.25) is 0 Å². The third kappa shape index (κ3) is 18.0. The highest BCUT2D eigenvalue weighted by Crippen LogP contribution is 2.35. The van der Waals surface area contributed by atoms with Crippen molar-refractivity contribution in [2.75, 3.05) is 13.1 Å². The number of rotatable bonds is 1. The molecule has 0 amide bonds. The molecular weight excluding hydrogens is 152 g/mol. The summed E-state index contributed by atoms with van der Waals surface area (Å²) in [5.74, 6) is 0. The Hall–Kier alpha value is -0.0000000000000000555. The van der Waals surface area contributed by atoms with E-state index in [1.165, 1.54) is 13.1 Å². The maximum absolute atomic E-state index is 10.2. The third-order valence-electron chi connectivity index (χ3n) is 0.340. The average Bonchev–Trinajstić information content (AvgIpc) is 2.45. The van der Waals surface area contributed by atoms with E-state index in [0.717, 1.165) is 0 Å². The van der Waals surface area contributed by atoms with Crippen molar-refractivity contribution in [2.45, 2.75) is 0 Å². The van der Waals surface area contributed by atoms with Gasteiger partial charge >= 0.3 is 7.82 Å². The van der Waals surface area contributed by atoms with E-state index >= 15 is 0 Å². The molecule has 1 fully saturated rings. The lowest BCUT2D eigenvalue weighted by molar-refractivity contribution is -0.0389. The Labute approximate surface area is 51.0 Å². The second-order valence-corrected chi connectivity index (χ2v) is 2.43. The SMILES string of the molecule is C1CN1.O=P(O)(O)OF. The summed E-state index contributed by atoms with van der Waals surface area (Å²) >= 11 is 0. The van der Waals surface area contributed by atoms with Crippen molar-refractivity contribution < 1.29 is 23.6 Å². The minimum atomic E-state index is -4.81. The maximum atomic E-state index is 10.2. The van der Waals surface area contributed by atoms with Gasteiger partial charge in [0.25, 0.3) is 0 Å². The molecule has 1 saturated heterocycles. The molecule has 0 unspecified atom stereocenters. The van der Waals surface area contributed by atoms with E-state index in [4.69, 9.17) is 14.4 Å². The highest BCUT2D eigenvalue weighted by molar-refractivity contribution is 7.46. The molecule has 0 aromatic heterocycles. The van der Waals surface area contributed by atoms with Crippen molar-refractivity contribution in [3.05, 3.63) is 0 Å². The second-order valence-electron chi connectivity index (χ2n) is 1.31. The Bertz CT molecular complexity index is 108. The van der Waals surface area contributed by atoms with Crippen LogP contribution in [0, 0.1) is 0 Å². The quantitative estimate of drug-likeness (QED) is 0.357. The lowest BCUT2D eigenvalue weighted by Gasteiger charge is -1.87. The van der Waals surface area contributed by atoms with Gasteiger partial charge < -0.3 is 15.1 Å². The molecule has 0 aromatic carbocycles. The summed E-state index contributed by atoms with van der Waals surface area (Å²) in [6, 6.07) is 0. The first-order valence-corrected chi connectivity index (χ1v) is 3.66. The van der Waals surface area contributed by atoms with Gasteiger partial charge in [-0.3, -0.25) is 0 Å². The molecule has 1 aliphatic heterocycles. The molecule has 9 heavy (non-hydrogen) atoms. The highest BCUT2D eigenvalue weighted by atomic mass is 31.2. The molecule has 1 aliphatic rings. The van der Waals surface area contributed by atoms with Crippen LogP contribution in [0.25, 0.3) is 0 Å². The average molecular weight is 159 g/mol. The van der Waals surface area contributed by atoms with Crippen molar-refractivity contribution in [3.63, 3.8) is 0 Å². The summed E-state index contributed by atoms with van der Waals surface area (Å²) < 4.78 is 21.4. The van der Waals surface area contributed by atoms with Crippen molar-refractivity contribution in [2.24, 2.45) is 0 Å². The molecule has 0 aromatic rings. The predicted octanol–water partition coefficient (Wildman–Crippen LogP) is -0.430. The molecule has 0 saturated carbocycles. The van der Waals surface area contributed by atoms with Gasteiger partial charge in [-0.15, -0.1) is 0 Å². The largest absolute Gasteiger partial charge is 0.500 e. The lowest BCUT2D eigenvalue weighted by atomic mass is 11.0. The molecule has 0 atom stereocenters. The summed E-state index contributed by atoms with van der Waals surface area (Å²) in [6.45, 7) is 2.50. The number of nitrogens with one attached hydrogen (secondary N) is 1. The summed E-state index contributed by atoms with van der Waals surface area (Å²) in [4.78, 5) is 14.7. The molecule has 56 valence electrons. The van der Waals surface area contributed by atoms with Crippen molar-refractivity contribution in [3.8, 4) is 0 Å². The number of hydrogen-bond acceptors (Lipinski definition) is 3. The van der Waals surface area contributed by atoms with Gasteiger partial charge in [-0.25, -0.2) is 4.57 Å². The fourth-order valence-electron chi connectivity index (χ4n) is 0. The van der Waals surface area contributed by atoms with Gasteiger partial charge in [0.15, 0.2) is 0 Å². The van der Waals surface area contributed by atoms with Crippen LogP contribution in [0.15, 0.2) is 0 Å². The minimum absolute atomic E-state index is 1.25. The maximum Gasteiger partial charge on any atom is 0.500 e. The molecule has 0 spiro atoms. The van der Waals surface area contributed by atoms with E-state index in [0.29, 0.717) is 0 Å². The number of hydrogen-bond donors (Lipinski definition) is 3.